The van der Waals surface area contributed by atoms with E-state index >= 15 is 0 Å². The van der Waals surface area contributed by atoms with Crippen molar-refractivity contribution in [2.45, 2.75) is 0 Å². The summed E-state index contributed by atoms with van der Waals surface area (Å²) < 4.78 is 4.75. The van der Waals surface area contributed by atoms with Gasteiger partial charge < -0.3 is 4.57 Å². The first-order valence-corrected chi connectivity index (χ1v) is 17.7. The predicted molar refractivity (Wildman–Crippen MR) is 217 cm³/mol. The number of benzene rings is 8. The first-order valence-electron chi connectivity index (χ1n) is 17.7. The van der Waals surface area contributed by atoms with Crippen molar-refractivity contribution in [2.24, 2.45) is 0 Å². The molecule has 0 bridgehead atoms. The van der Waals surface area contributed by atoms with Crippen molar-refractivity contribution in [3.8, 4) is 34.2 Å². The highest BCUT2D eigenvalue weighted by Crippen LogP contribution is 2.42. The third-order valence-corrected chi connectivity index (χ3v) is 10.5. The van der Waals surface area contributed by atoms with Gasteiger partial charge in [0.05, 0.1) is 27.8 Å². The predicted octanol–water partition coefficient (Wildman–Crippen LogP) is 12.3. The van der Waals surface area contributed by atoms with Gasteiger partial charge in [-0.3, -0.25) is 4.57 Å². The number of hydrogen-bond donors (Lipinski definition) is 0. The van der Waals surface area contributed by atoms with E-state index in [1.165, 1.54) is 43.2 Å². The minimum Gasteiger partial charge on any atom is -0.309 e. The van der Waals surface area contributed by atoms with E-state index in [2.05, 4.69) is 191 Å². The maximum atomic E-state index is 5.44. The molecule has 0 aliphatic carbocycles. The van der Waals surface area contributed by atoms with E-state index in [1.807, 2.05) is 0 Å². The molecule has 0 radical (unpaired) electrons. The van der Waals surface area contributed by atoms with E-state index < -0.39 is 0 Å². The van der Waals surface area contributed by atoms with Gasteiger partial charge in [-0.1, -0.05) is 133 Å². The molecule has 11 aromatic rings. The van der Waals surface area contributed by atoms with Gasteiger partial charge in [-0.05, 0) is 64.0 Å². The Bertz CT molecular complexity index is 3090. The van der Waals surface area contributed by atoms with Gasteiger partial charge in [0.2, 0.25) is 0 Å². The van der Waals surface area contributed by atoms with E-state index in [0.717, 1.165) is 50.3 Å². The lowest BCUT2D eigenvalue weighted by Gasteiger charge is -2.13. The number of hydrogen-bond acceptors (Lipinski definition) is 2. The van der Waals surface area contributed by atoms with Crippen LogP contribution in [0.2, 0.25) is 0 Å². The summed E-state index contributed by atoms with van der Waals surface area (Å²) in [5.74, 6) is 1.52. The first kappa shape index (κ1) is 28.8. The Balaban J connectivity index is 1.27. The molecule has 3 aromatic heterocycles. The summed E-state index contributed by atoms with van der Waals surface area (Å²) in [6.45, 7) is 0. The van der Waals surface area contributed by atoms with E-state index in [1.54, 1.807) is 0 Å². The average Bonchev–Trinajstić information content (AvgIpc) is 3.74. The Morgan fingerprint density at radius 1 is 0.365 bits per heavy atom. The lowest BCUT2D eigenvalue weighted by atomic mass is 10.0. The third kappa shape index (κ3) is 4.34. The molecule has 0 atom stereocenters. The Morgan fingerprint density at radius 2 is 0.962 bits per heavy atom. The fourth-order valence-electron chi connectivity index (χ4n) is 8.10. The first-order chi connectivity index (χ1) is 25.8. The Hall–Kier alpha value is -7.04. The van der Waals surface area contributed by atoms with Crippen LogP contribution < -0.4 is 0 Å². The molecule has 0 fully saturated rings. The molecule has 0 N–H and O–H groups in total. The SMILES string of the molecule is c1ccc(-n2c3ccccc3c3c2ccc2c4ccccc4n(-c4cc(-c5ccc6ccccc6c5)nc(-c5ccc6ccccc6c5)n4)c23)cc1. The van der Waals surface area contributed by atoms with Gasteiger partial charge >= 0.3 is 0 Å². The zero-order valence-electron chi connectivity index (χ0n) is 28.1. The van der Waals surface area contributed by atoms with Crippen LogP contribution in [0.3, 0.4) is 0 Å². The van der Waals surface area contributed by atoms with Crippen LogP contribution in [-0.4, -0.2) is 19.1 Å². The van der Waals surface area contributed by atoms with Crippen molar-refractivity contribution < 1.29 is 0 Å². The minimum absolute atomic E-state index is 0.691. The lowest BCUT2D eigenvalue weighted by Crippen LogP contribution is -2.03. The van der Waals surface area contributed by atoms with E-state index in [9.17, 15) is 0 Å². The summed E-state index contributed by atoms with van der Waals surface area (Å²) in [5.41, 5.74) is 8.61. The highest BCUT2D eigenvalue weighted by Gasteiger charge is 2.22. The molecule has 0 aliphatic rings. The largest absolute Gasteiger partial charge is 0.309 e. The van der Waals surface area contributed by atoms with Crippen LogP contribution in [0.1, 0.15) is 0 Å². The fourth-order valence-corrected chi connectivity index (χ4v) is 8.10. The molecule has 242 valence electrons. The molecule has 0 amide bonds. The maximum Gasteiger partial charge on any atom is 0.162 e. The highest BCUT2D eigenvalue weighted by molar-refractivity contribution is 6.26. The number of para-hydroxylation sites is 3. The molecule has 0 spiro atoms. The molecular weight excluding hydrogens is 633 g/mol. The smallest absolute Gasteiger partial charge is 0.162 e. The Kier molecular flexibility index (Phi) is 6.22. The monoisotopic (exact) mass is 662 g/mol. The van der Waals surface area contributed by atoms with Gasteiger partial charge in [0.1, 0.15) is 5.82 Å². The van der Waals surface area contributed by atoms with Gasteiger partial charge in [0, 0.05) is 44.4 Å². The summed E-state index contributed by atoms with van der Waals surface area (Å²) in [5, 5.41) is 9.52. The Labute approximate surface area is 299 Å². The van der Waals surface area contributed by atoms with Crippen molar-refractivity contribution >= 4 is 65.2 Å². The molecular formula is C48H30N4. The van der Waals surface area contributed by atoms with Gasteiger partial charge in [-0.2, -0.15) is 0 Å². The van der Waals surface area contributed by atoms with Crippen molar-refractivity contribution in [1.29, 1.82) is 0 Å². The summed E-state index contributed by atoms with van der Waals surface area (Å²) in [6.07, 6.45) is 0. The normalized spacial score (nSPS) is 11.8. The number of fused-ring (bicyclic) bond motifs is 9. The molecule has 4 nitrogen and oxygen atoms in total. The van der Waals surface area contributed by atoms with Crippen LogP contribution in [0.25, 0.3) is 99.3 Å². The van der Waals surface area contributed by atoms with Crippen molar-refractivity contribution in [2.75, 3.05) is 0 Å². The zero-order chi connectivity index (χ0) is 34.2. The second-order valence-corrected chi connectivity index (χ2v) is 13.5. The topological polar surface area (TPSA) is 35.6 Å². The molecule has 3 heterocycles. The molecule has 0 aliphatic heterocycles. The van der Waals surface area contributed by atoms with Crippen LogP contribution in [-0.2, 0) is 0 Å². The van der Waals surface area contributed by atoms with E-state index in [0.29, 0.717) is 5.82 Å². The molecule has 4 heteroatoms. The molecule has 0 saturated carbocycles. The summed E-state index contributed by atoms with van der Waals surface area (Å²) in [6, 6.07) is 64.9. The summed E-state index contributed by atoms with van der Waals surface area (Å²) in [7, 11) is 0. The second kappa shape index (κ2) is 11.2. The van der Waals surface area contributed by atoms with Crippen LogP contribution >= 0.6 is 0 Å². The van der Waals surface area contributed by atoms with Gasteiger partial charge in [0.25, 0.3) is 0 Å². The van der Waals surface area contributed by atoms with Crippen LogP contribution in [0.15, 0.2) is 182 Å². The molecule has 0 saturated heterocycles. The van der Waals surface area contributed by atoms with Crippen LogP contribution in [0.4, 0.5) is 0 Å². The van der Waals surface area contributed by atoms with Crippen LogP contribution in [0.5, 0.6) is 0 Å². The van der Waals surface area contributed by atoms with Crippen molar-refractivity contribution in [1.82, 2.24) is 19.1 Å². The fraction of sp³-hybridized carbons (Fsp3) is 0. The highest BCUT2D eigenvalue weighted by atomic mass is 15.1. The standard InChI is InChI=1S/C48H30N4/c1-2-16-37(17-3-1)51-43-21-11-9-19-40(43)46-44(51)27-26-39-38-18-8-10-20-42(38)52(47(39)46)45-30-41(35-24-22-31-12-4-6-14-33(31)28-35)49-48(50-45)36-25-23-32-13-5-7-15-34(32)29-36/h1-30H. The number of aromatic nitrogens is 4. The molecule has 8 aromatic carbocycles. The maximum absolute atomic E-state index is 5.44. The van der Waals surface area contributed by atoms with Crippen LogP contribution in [0, 0.1) is 0 Å². The number of nitrogens with zero attached hydrogens (tertiary/aromatic N) is 4. The second-order valence-electron chi connectivity index (χ2n) is 13.5. The zero-order valence-corrected chi connectivity index (χ0v) is 28.1. The lowest BCUT2D eigenvalue weighted by molar-refractivity contribution is 1.05. The molecule has 0 unspecified atom stereocenters. The quantitative estimate of drug-likeness (QED) is 0.188. The molecule has 52 heavy (non-hydrogen) atoms. The van der Waals surface area contributed by atoms with Crippen molar-refractivity contribution in [3.63, 3.8) is 0 Å². The van der Waals surface area contributed by atoms with Crippen molar-refractivity contribution in [3.05, 3.63) is 182 Å². The van der Waals surface area contributed by atoms with Gasteiger partial charge in [0.15, 0.2) is 5.82 Å². The minimum atomic E-state index is 0.691. The van der Waals surface area contributed by atoms with Gasteiger partial charge in [-0.15, -0.1) is 0 Å². The third-order valence-electron chi connectivity index (χ3n) is 10.5. The summed E-state index contributed by atoms with van der Waals surface area (Å²) >= 11 is 0. The Morgan fingerprint density at radius 3 is 1.71 bits per heavy atom. The molecule has 11 rings (SSSR count). The van der Waals surface area contributed by atoms with E-state index in [4.69, 9.17) is 9.97 Å². The van der Waals surface area contributed by atoms with Gasteiger partial charge in [-0.25, -0.2) is 9.97 Å². The number of rotatable bonds is 4. The summed E-state index contributed by atoms with van der Waals surface area (Å²) in [4.78, 5) is 10.7. The van der Waals surface area contributed by atoms with E-state index in [-0.39, 0.29) is 0 Å². The average molecular weight is 663 g/mol.